The van der Waals surface area contributed by atoms with Gasteiger partial charge in [-0.25, -0.2) is 15.0 Å². The number of nitrogens with zero attached hydrogens (tertiary/aromatic N) is 4. The Bertz CT molecular complexity index is 1220. The molecule has 0 radical (unpaired) electrons. The Kier molecular flexibility index (Phi) is 5.45. The van der Waals surface area contributed by atoms with Crippen molar-refractivity contribution in [1.29, 1.82) is 0 Å². The minimum absolute atomic E-state index is 0.0297. The molecule has 170 valence electrons. The first-order valence-electron chi connectivity index (χ1n) is 11.0. The van der Waals surface area contributed by atoms with E-state index in [0.29, 0.717) is 21.6 Å². The van der Waals surface area contributed by atoms with Gasteiger partial charge in [-0.15, -0.1) is 0 Å². The zero-order valence-corrected chi connectivity index (χ0v) is 19.3. The van der Waals surface area contributed by atoms with Gasteiger partial charge in [0.25, 0.3) is 5.91 Å². The predicted molar refractivity (Wildman–Crippen MR) is 128 cm³/mol. The van der Waals surface area contributed by atoms with Crippen LogP contribution in [0.4, 0.5) is 28.1 Å². The number of aromatic nitrogens is 3. The molecule has 2 aliphatic rings. The van der Waals surface area contributed by atoms with E-state index in [-0.39, 0.29) is 17.4 Å². The Hall–Kier alpha value is -3.53. The molecule has 0 saturated heterocycles. The second kappa shape index (κ2) is 8.43. The summed E-state index contributed by atoms with van der Waals surface area (Å²) in [6.07, 6.45) is 6.75. The number of hydrogen-bond acceptors (Lipinski definition) is 8. The van der Waals surface area contributed by atoms with E-state index in [2.05, 4.69) is 25.9 Å². The van der Waals surface area contributed by atoms with Crippen LogP contribution >= 0.6 is 11.3 Å². The quantitative estimate of drug-likeness (QED) is 0.517. The van der Waals surface area contributed by atoms with Crippen molar-refractivity contribution in [2.75, 3.05) is 22.6 Å². The molecule has 9 nitrogen and oxygen atoms in total. The van der Waals surface area contributed by atoms with E-state index in [9.17, 15) is 9.59 Å². The average Bonchev–Trinajstić information content (AvgIpc) is 3.33. The van der Waals surface area contributed by atoms with E-state index >= 15 is 0 Å². The molecule has 1 spiro atoms. The van der Waals surface area contributed by atoms with Crippen molar-refractivity contribution in [2.45, 2.75) is 44.6 Å². The minimum Gasteiger partial charge on any atom is -0.340 e. The molecule has 0 atom stereocenters. The number of hydrogen-bond donors (Lipinski definition) is 3. The van der Waals surface area contributed by atoms with Gasteiger partial charge in [0.05, 0.1) is 11.2 Å². The molecule has 33 heavy (non-hydrogen) atoms. The highest BCUT2D eigenvalue weighted by Gasteiger charge is 2.46. The summed E-state index contributed by atoms with van der Waals surface area (Å²) in [5.41, 5.74) is 2.15. The molecular formula is C23H25N7O2S. The maximum atomic E-state index is 12.6. The highest BCUT2D eigenvalue weighted by atomic mass is 32.1. The van der Waals surface area contributed by atoms with E-state index in [1.165, 1.54) is 31.0 Å². The van der Waals surface area contributed by atoms with Crippen LogP contribution in [0.3, 0.4) is 0 Å². The number of nitrogens with one attached hydrogen (secondary N) is 3. The van der Waals surface area contributed by atoms with Crippen molar-refractivity contribution in [2.24, 2.45) is 0 Å². The van der Waals surface area contributed by atoms with Gasteiger partial charge in [-0.1, -0.05) is 36.7 Å². The summed E-state index contributed by atoms with van der Waals surface area (Å²) in [7, 11) is 1.73. The molecule has 3 N–H and O–H groups in total. The topological polar surface area (TPSA) is 112 Å². The Balaban J connectivity index is 1.34. The highest BCUT2D eigenvalue weighted by molar-refractivity contribution is 7.17. The van der Waals surface area contributed by atoms with Crippen LogP contribution in [0.15, 0.2) is 36.7 Å². The van der Waals surface area contributed by atoms with E-state index in [4.69, 9.17) is 4.98 Å². The summed E-state index contributed by atoms with van der Waals surface area (Å²) in [6, 6.07) is 9.31. The number of carbonyl (C=O) groups is 2. The van der Waals surface area contributed by atoms with Crippen LogP contribution in [0.5, 0.6) is 0 Å². The standard InChI is InChI=1S/C23H25N7O2S/c1-14(31)30(2)16-8-6-7-15(11-16)26-17-12-18(25-13-24-17)27-22-28-20-19(33-22)21(32)29-23(20)9-4-3-5-10-23/h6-8,11-13H,3-5,9-10H2,1-2H3,(H,29,32)(H2,24,25,26,27,28). The summed E-state index contributed by atoms with van der Waals surface area (Å²) in [4.78, 5) is 39.8. The summed E-state index contributed by atoms with van der Waals surface area (Å²) >= 11 is 1.36. The molecule has 10 heteroatoms. The van der Waals surface area contributed by atoms with Crippen LogP contribution in [-0.4, -0.2) is 33.8 Å². The van der Waals surface area contributed by atoms with Gasteiger partial charge < -0.3 is 20.9 Å². The molecule has 2 aromatic heterocycles. The van der Waals surface area contributed by atoms with Gasteiger partial charge in [0.1, 0.15) is 22.8 Å². The Morgan fingerprint density at radius 3 is 2.64 bits per heavy atom. The lowest BCUT2D eigenvalue weighted by atomic mass is 9.81. The number of carbonyl (C=O) groups excluding carboxylic acids is 2. The van der Waals surface area contributed by atoms with Crippen molar-refractivity contribution < 1.29 is 9.59 Å². The largest absolute Gasteiger partial charge is 0.340 e. The van der Waals surface area contributed by atoms with Crippen molar-refractivity contribution in [1.82, 2.24) is 20.3 Å². The molecule has 0 bridgehead atoms. The van der Waals surface area contributed by atoms with Gasteiger partial charge in [0.15, 0.2) is 5.13 Å². The summed E-state index contributed by atoms with van der Waals surface area (Å²) < 4.78 is 0. The monoisotopic (exact) mass is 463 g/mol. The van der Waals surface area contributed by atoms with E-state index in [1.54, 1.807) is 18.0 Å². The SMILES string of the molecule is CC(=O)N(C)c1cccc(Nc2cc(Nc3nc4c(s3)C(=O)NC43CCCCC3)ncn2)c1. The first-order chi connectivity index (χ1) is 15.9. The second-order valence-corrected chi connectivity index (χ2v) is 9.46. The molecule has 1 aliphatic carbocycles. The minimum atomic E-state index is -0.308. The van der Waals surface area contributed by atoms with Gasteiger partial charge in [-0.3, -0.25) is 9.59 Å². The van der Waals surface area contributed by atoms with Crippen molar-refractivity contribution in [3.63, 3.8) is 0 Å². The summed E-state index contributed by atoms with van der Waals surface area (Å²) in [5.74, 6) is 1.10. The molecule has 3 aromatic rings. The van der Waals surface area contributed by atoms with Gasteiger partial charge in [0.2, 0.25) is 5.91 Å². The third kappa shape index (κ3) is 4.13. The van der Waals surface area contributed by atoms with Crippen LogP contribution in [0.1, 0.15) is 54.4 Å². The average molecular weight is 464 g/mol. The van der Waals surface area contributed by atoms with Crippen LogP contribution < -0.4 is 20.9 Å². The third-order valence-electron chi connectivity index (χ3n) is 6.23. The molecule has 3 heterocycles. The molecule has 1 aliphatic heterocycles. The smallest absolute Gasteiger partial charge is 0.264 e. The Morgan fingerprint density at radius 1 is 1.12 bits per heavy atom. The van der Waals surface area contributed by atoms with Gasteiger partial charge in [-0.2, -0.15) is 0 Å². The van der Waals surface area contributed by atoms with Crippen molar-refractivity contribution in [3.8, 4) is 0 Å². The van der Waals surface area contributed by atoms with E-state index in [0.717, 1.165) is 42.8 Å². The van der Waals surface area contributed by atoms with Crippen molar-refractivity contribution in [3.05, 3.63) is 47.2 Å². The fraction of sp³-hybridized carbons (Fsp3) is 0.348. The summed E-state index contributed by atoms with van der Waals surface area (Å²) in [6.45, 7) is 1.52. The fourth-order valence-electron chi connectivity index (χ4n) is 4.43. The number of thiazole rings is 1. The molecule has 1 aromatic carbocycles. The maximum absolute atomic E-state index is 12.6. The number of amides is 2. The van der Waals surface area contributed by atoms with Crippen LogP contribution in [0.25, 0.3) is 0 Å². The first kappa shape index (κ1) is 21.3. The zero-order valence-electron chi connectivity index (χ0n) is 18.5. The zero-order chi connectivity index (χ0) is 23.0. The number of rotatable bonds is 5. The van der Waals surface area contributed by atoms with Gasteiger partial charge in [-0.05, 0) is 31.0 Å². The van der Waals surface area contributed by atoms with Crippen LogP contribution in [0.2, 0.25) is 0 Å². The molecule has 1 fully saturated rings. The lowest BCUT2D eigenvalue weighted by Crippen LogP contribution is -2.41. The summed E-state index contributed by atoms with van der Waals surface area (Å²) in [5, 5.41) is 10.3. The number of benzene rings is 1. The third-order valence-corrected chi connectivity index (χ3v) is 7.20. The maximum Gasteiger partial charge on any atom is 0.264 e. The highest BCUT2D eigenvalue weighted by Crippen LogP contribution is 2.45. The predicted octanol–water partition coefficient (Wildman–Crippen LogP) is 4.31. The number of anilines is 5. The lowest BCUT2D eigenvalue weighted by Gasteiger charge is -2.32. The Labute approximate surface area is 195 Å². The van der Waals surface area contributed by atoms with Crippen molar-refractivity contribution >= 4 is 51.3 Å². The molecule has 5 rings (SSSR count). The molecular weight excluding hydrogens is 438 g/mol. The van der Waals surface area contributed by atoms with Gasteiger partial charge in [0, 0.05) is 31.4 Å². The second-order valence-electron chi connectivity index (χ2n) is 8.46. The Morgan fingerprint density at radius 2 is 1.88 bits per heavy atom. The van der Waals surface area contributed by atoms with E-state index < -0.39 is 0 Å². The normalized spacial score (nSPS) is 16.2. The lowest BCUT2D eigenvalue weighted by molar-refractivity contribution is -0.116. The van der Waals surface area contributed by atoms with Gasteiger partial charge >= 0.3 is 0 Å². The van der Waals surface area contributed by atoms with Crippen LogP contribution in [0, 0.1) is 0 Å². The number of fused-ring (bicyclic) bond motifs is 2. The molecule has 2 amide bonds. The first-order valence-corrected chi connectivity index (χ1v) is 11.8. The van der Waals surface area contributed by atoms with Crippen LogP contribution in [-0.2, 0) is 10.3 Å². The fourth-order valence-corrected chi connectivity index (χ4v) is 5.40. The molecule has 1 saturated carbocycles. The molecule has 0 unspecified atom stereocenters. The van der Waals surface area contributed by atoms with E-state index in [1.807, 2.05) is 24.3 Å².